The largest absolute Gasteiger partial charge is 0.507 e. The second kappa shape index (κ2) is 7.36. The van der Waals surface area contributed by atoms with Crippen LogP contribution in [0.3, 0.4) is 0 Å². The van der Waals surface area contributed by atoms with Crippen molar-refractivity contribution < 1.29 is 9.90 Å². The molecule has 2 N–H and O–H groups in total. The van der Waals surface area contributed by atoms with E-state index >= 15 is 0 Å². The number of aromatic hydroxyl groups is 1. The van der Waals surface area contributed by atoms with Crippen LogP contribution >= 0.6 is 0 Å². The van der Waals surface area contributed by atoms with Crippen molar-refractivity contribution in [2.45, 2.75) is 52.4 Å². The molecular formula is C23H29NO2. The van der Waals surface area contributed by atoms with Crippen LogP contribution in [0.5, 0.6) is 5.75 Å². The van der Waals surface area contributed by atoms with Crippen LogP contribution in [-0.2, 0) is 15.6 Å². The van der Waals surface area contributed by atoms with E-state index < -0.39 is 0 Å². The van der Waals surface area contributed by atoms with Crippen molar-refractivity contribution in [2.75, 3.05) is 5.32 Å². The molecule has 0 atom stereocenters. The highest BCUT2D eigenvalue weighted by atomic mass is 16.3. The number of anilines is 1. The third-order valence-corrected chi connectivity index (χ3v) is 4.22. The maximum atomic E-state index is 12.3. The Balaban J connectivity index is 2.34. The zero-order chi connectivity index (χ0) is 19.5. The molecular weight excluding hydrogens is 322 g/mol. The number of phenols is 1. The van der Waals surface area contributed by atoms with Crippen LogP contribution in [0.25, 0.3) is 6.08 Å². The highest BCUT2D eigenvalue weighted by Gasteiger charge is 2.26. The average Bonchev–Trinajstić information content (AvgIpc) is 2.53. The van der Waals surface area contributed by atoms with E-state index in [0.29, 0.717) is 11.4 Å². The molecule has 0 bridgehead atoms. The van der Waals surface area contributed by atoms with Gasteiger partial charge in [-0.1, -0.05) is 71.9 Å². The van der Waals surface area contributed by atoms with Gasteiger partial charge in [-0.15, -0.1) is 0 Å². The summed E-state index contributed by atoms with van der Waals surface area (Å²) in [5.41, 5.74) is 2.86. The van der Waals surface area contributed by atoms with Crippen LogP contribution in [0.4, 0.5) is 5.69 Å². The summed E-state index contributed by atoms with van der Waals surface area (Å²) >= 11 is 0. The maximum absolute atomic E-state index is 12.3. The Bertz CT molecular complexity index is 771. The zero-order valence-corrected chi connectivity index (χ0v) is 16.6. The lowest BCUT2D eigenvalue weighted by molar-refractivity contribution is -0.111. The summed E-state index contributed by atoms with van der Waals surface area (Å²) in [5, 5.41) is 13.7. The number of nitrogens with one attached hydrogen (secondary N) is 1. The summed E-state index contributed by atoms with van der Waals surface area (Å²) in [6.07, 6.45) is 3.31. The van der Waals surface area contributed by atoms with E-state index in [1.54, 1.807) is 6.08 Å². The molecule has 0 radical (unpaired) electrons. The Kier molecular flexibility index (Phi) is 5.60. The summed E-state index contributed by atoms with van der Waals surface area (Å²) in [6, 6.07) is 13.4. The van der Waals surface area contributed by atoms with Crippen molar-refractivity contribution >= 4 is 17.7 Å². The first-order chi connectivity index (χ1) is 12.0. The predicted molar refractivity (Wildman–Crippen MR) is 110 cm³/mol. The molecule has 3 heteroatoms. The lowest BCUT2D eigenvalue weighted by Crippen LogP contribution is -2.19. The Morgan fingerprint density at radius 3 is 1.88 bits per heavy atom. The fourth-order valence-electron chi connectivity index (χ4n) is 2.77. The fourth-order valence-corrected chi connectivity index (χ4v) is 2.77. The van der Waals surface area contributed by atoms with Gasteiger partial charge in [-0.25, -0.2) is 0 Å². The minimum absolute atomic E-state index is 0.195. The highest BCUT2D eigenvalue weighted by Crippen LogP contribution is 2.41. The zero-order valence-electron chi connectivity index (χ0n) is 16.6. The van der Waals surface area contributed by atoms with Crippen molar-refractivity contribution in [3.8, 4) is 5.75 Å². The van der Waals surface area contributed by atoms with Crippen molar-refractivity contribution in [3.63, 3.8) is 0 Å². The molecule has 2 rings (SSSR count). The topological polar surface area (TPSA) is 49.3 Å². The van der Waals surface area contributed by atoms with Crippen LogP contribution in [0.15, 0.2) is 48.5 Å². The SMILES string of the molecule is CC(C)(C)c1cc(NC(=O)/C=C/c2ccccc2)cc(C(C)(C)C)c1O. The molecule has 0 saturated heterocycles. The summed E-state index contributed by atoms with van der Waals surface area (Å²) in [5.74, 6) is 0.113. The van der Waals surface area contributed by atoms with E-state index in [2.05, 4.69) is 46.9 Å². The molecule has 1 amide bonds. The van der Waals surface area contributed by atoms with Crippen molar-refractivity contribution in [1.82, 2.24) is 0 Å². The summed E-state index contributed by atoms with van der Waals surface area (Å²) in [7, 11) is 0. The van der Waals surface area contributed by atoms with E-state index in [1.807, 2.05) is 42.5 Å². The standard InChI is InChI=1S/C23H29NO2/c1-22(2,3)18-14-17(15-19(21(18)26)23(4,5)6)24-20(25)13-12-16-10-8-7-9-11-16/h7-15,26H,1-6H3,(H,24,25)/b13-12+. The molecule has 0 aromatic heterocycles. The van der Waals surface area contributed by atoms with Crippen LogP contribution in [-0.4, -0.2) is 11.0 Å². The number of rotatable bonds is 3. The van der Waals surface area contributed by atoms with Gasteiger partial charge in [-0.3, -0.25) is 4.79 Å². The molecule has 0 unspecified atom stereocenters. The molecule has 0 aliphatic carbocycles. The molecule has 0 heterocycles. The first kappa shape index (κ1) is 19.8. The minimum atomic E-state index is -0.231. The average molecular weight is 351 g/mol. The molecule has 0 saturated carbocycles. The van der Waals surface area contributed by atoms with Crippen LogP contribution < -0.4 is 5.32 Å². The number of carbonyl (C=O) groups excluding carboxylic acids is 1. The monoisotopic (exact) mass is 351 g/mol. The molecule has 138 valence electrons. The van der Waals surface area contributed by atoms with Crippen LogP contribution in [0, 0.1) is 0 Å². The maximum Gasteiger partial charge on any atom is 0.248 e. The van der Waals surface area contributed by atoms with E-state index in [0.717, 1.165) is 16.7 Å². The summed E-state index contributed by atoms with van der Waals surface area (Å²) in [4.78, 5) is 12.3. The fraction of sp³-hybridized carbons (Fsp3) is 0.348. The molecule has 0 aliphatic rings. The molecule has 3 nitrogen and oxygen atoms in total. The van der Waals surface area contributed by atoms with Crippen LogP contribution in [0.2, 0.25) is 0 Å². The second-order valence-electron chi connectivity index (χ2n) is 8.65. The van der Waals surface area contributed by atoms with Gasteiger partial charge >= 0.3 is 0 Å². The van der Waals surface area contributed by atoms with E-state index in [9.17, 15) is 9.90 Å². The Labute approximate surface area is 156 Å². The molecule has 2 aromatic rings. The highest BCUT2D eigenvalue weighted by molar-refractivity contribution is 6.02. The number of carbonyl (C=O) groups is 1. The van der Waals surface area contributed by atoms with E-state index in [1.165, 1.54) is 6.08 Å². The molecule has 0 spiro atoms. The lowest BCUT2D eigenvalue weighted by Gasteiger charge is -2.28. The first-order valence-corrected chi connectivity index (χ1v) is 8.90. The summed E-state index contributed by atoms with van der Waals surface area (Å²) < 4.78 is 0. The quantitative estimate of drug-likeness (QED) is 0.555. The van der Waals surface area contributed by atoms with E-state index in [4.69, 9.17) is 0 Å². The van der Waals surface area contributed by atoms with Crippen LogP contribution in [0.1, 0.15) is 58.2 Å². The third kappa shape index (κ3) is 4.98. The number of hydrogen-bond donors (Lipinski definition) is 2. The third-order valence-electron chi connectivity index (χ3n) is 4.22. The number of amides is 1. The Morgan fingerprint density at radius 2 is 1.42 bits per heavy atom. The van der Waals surface area contributed by atoms with Gasteiger partial charge in [-0.2, -0.15) is 0 Å². The van der Waals surface area contributed by atoms with Gasteiger partial charge in [-0.05, 0) is 34.6 Å². The molecule has 0 aliphatic heterocycles. The lowest BCUT2D eigenvalue weighted by atomic mass is 9.79. The number of hydrogen-bond acceptors (Lipinski definition) is 2. The van der Waals surface area contributed by atoms with E-state index in [-0.39, 0.29) is 16.7 Å². The van der Waals surface area contributed by atoms with Gasteiger partial charge < -0.3 is 10.4 Å². The normalized spacial score (nSPS) is 12.4. The van der Waals surface area contributed by atoms with Gasteiger partial charge in [0.2, 0.25) is 5.91 Å². The number of phenolic OH excluding ortho intramolecular Hbond substituents is 1. The first-order valence-electron chi connectivity index (χ1n) is 8.90. The molecule has 2 aromatic carbocycles. The second-order valence-corrected chi connectivity index (χ2v) is 8.65. The van der Waals surface area contributed by atoms with Gasteiger partial charge in [0.15, 0.2) is 0 Å². The van der Waals surface area contributed by atoms with Crippen molar-refractivity contribution in [3.05, 3.63) is 65.2 Å². The van der Waals surface area contributed by atoms with Gasteiger partial charge in [0, 0.05) is 22.9 Å². The Hall–Kier alpha value is -2.55. The smallest absolute Gasteiger partial charge is 0.248 e. The van der Waals surface area contributed by atoms with Crippen molar-refractivity contribution in [1.29, 1.82) is 0 Å². The summed E-state index contributed by atoms with van der Waals surface area (Å²) in [6.45, 7) is 12.3. The van der Waals surface area contributed by atoms with Gasteiger partial charge in [0.25, 0.3) is 0 Å². The molecule has 0 fully saturated rings. The minimum Gasteiger partial charge on any atom is -0.507 e. The van der Waals surface area contributed by atoms with Gasteiger partial charge in [0.05, 0.1) is 0 Å². The predicted octanol–water partition coefficient (Wildman–Crippen LogP) is 5.64. The Morgan fingerprint density at radius 1 is 0.923 bits per heavy atom. The van der Waals surface area contributed by atoms with Gasteiger partial charge in [0.1, 0.15) is 5.75 Å². The molecule has 26 heavy (non-hydrogen) atoms. The number of benzene rings is 2. The van der Waals surface area contributed by atoms with Crippen molar-refractivity contribution in [2.24, 2.45) is 0 Å².